The predicted octanol–water partition coefficient (Wildman–Crippen LogP) is 5.15. The zero-order valence-electron chi connectivity index (χ0n) is 17.9. The van der Waals surface area contributed by atoms with Crippen molar-refractivity contribution in [3.8, 4) is 11.3 Å². The van der Waals surface area contributed by atoms with E-state index < -0.39 is 0 Å². The standard InChI is InChI=1S/C18H15ClN6.C6H13N/c19-13-6-4-11(5-7-13)9-21-14-3-1-2-12(8-14)16-15-10-22-18(20)23-17(15)25-24-16;7-6-4-2-1-3-5-6/h1-8,10,21H,9H2,(H3,20,22,23,24,25);6H,1-5,7H2. The lowest BCUT2D eigenvalue weighted by atomic mass is 9.97. The number of halogens is 1. The van der Waals surface area contributed by atoms with Crippen molar-refractivity contribution in [2.45, 2.75) is 44.7 Å². The number of hydrogen-bond donors (Lipinski definition) is 4. The Bertz CT molecular complexity index is 1150. The van der Waals surface area contributed by atoms with E-state index in [1.807, 2.05) is 42.5 Å². The Hall–Kier alpha value is -3.16. The number of nitrogens with zero attached hydrogens (tertiary/aromatic N) is 3. The van der Waals surface area contributed by atoms with Crippen molar-refractivity contribution < 1.29 is 0 Å². The molecule has 5 rings (SSSR count). The zero-order chi connectivity index (χ0) is 22.3. The SMILES string of the molecule is NC1CCCCC1.Nc1ncc2c(-c3cccc(NCc4ccc(Cl)cc4)c3)[nH]nc2n1. The number of nitrogens with two attached hydrogens (primary N) is 2. The fourth-order valence-electron chi connectivity index (χ4n) is 3.76. The van der Waals surface area contributed by atoms with Crippen molar-refractivity contribution in [2.75, 3.05) is 11.1 Å². The predicted molar refractivity (Wildman–Crippen MR) is 131 cm³/mol. The molecular weight excluding hydrogens is 422 g/mol. The van der Waals surface area contributed by atoms with Gasteiger partial charge in [0, 0.05) is 35.1 Å². The highest BCUT2D eigenvalue weighted by Crippen LogP contribution is 2.27. The molecule has 0 radical (unpaired) electrons. The lowest BCUT2D eigenvalue weighted by Gasteiger charge is -2.15. The van der Waals surface area contributed by atoms with Crippen LogP contribution in [0.15, 0.2) is 54.7 Å². The number of hydrogen-bond acceptors (Lipinski definition) is 6. The summed E-state index contributed by atoms with van der Waals surface area (Å²) in [7, 11) is 0. The Morgan fingerprint density at radius 2 is 1.84 bits per heavy atom. The molecule has 2 aromatic carbocycles. The number of anilines is 2. The number of benzene rings is 2. The van der Waals surface area contributed by atoms with Gasteiger partial charge in [0.25, 0.3) is 0 Å². The molecule has 8 heteroatoms. The maximum absolute atomic E-state index is 5.92. The Kier molecular flexibility index (Phi) is 7.19. The van der Waals surface area contributed by atoms with E-state index in [4.69, 9.17) is 23.1 Å². The summed E-state index contributed by atoms with van der Waals surface area (Å²) in [5, 5.41) is 12.2. The van der Waals surface area contributed by atoms with Gasteiger partial charge in [0.2, 0.25) is 5.95 Å². The van der Waals surface area contributed by atoms with E-state index >= 15 is 0 Å². The van der Waals surface area contributed by atoms with Gasteiger partial charge in [0.15, 0.2) is 5.65 Å². The highest BCUT2D eigenvalue weighted by Gasteiger charge is 2.10. The average Bonchev–Trinajstić information content (AvgIpc) is 3.23. The summed E-state index contributed by atoms with van der Waals surface area (Å²) in [6, 6.07) is 16.4. The number of aromatic nitrogens is 4. The molecule has 1 aliphatic rings. The number of fused-ring (bicyclic) bond motifs is 1. The first-order chi connectivity index (χ1) is 15.6. The first-order valence-electron chi connectivity index (χ1n) is 10.9. The first kappa shape index (κ1) is 22.0. The van der Waals surface area contributed by atoms with E-state index in [0.717, 1.165) is 32.9 Å². The fourth-order valence-corrected chi connectivity index (χ4v) is 3.89. The van der Waals surface area contributed by atoms with Crippen LogP contribution in [0.4, 0.5) is 11.6 Å². The molecule has 4 aromatic rings. The van der Waals surface area contributed by atoms with E-state index in [2.05, 4.69) is 31.5 Å². The molecule has 6 N–H and O–H groups in total. The van der Waals surface area contributed by atoms with E-state index in [1.54, 1.807) is 6.20 Å². The highest BCUT2D eigenvalue weighted by molar-refractivity contribution is 6.30. The molecule has 0 spiro atoms. The van der Waals surface area contributed by atoms with Gasteiger partial charge in [-0.1, -0.05) is 55.1 Å². The Morgan fingerprint density at radius 1 is 1.06 bits per heavy atom. The molecule has 0 aliphatic heterocycles. The van der Waals surface area contributed by atoms with Crippen molar-refractivity contribution in [3.63, 3.8) is 0 Å². The van der Waals surface area contributed by atoms with Crippen LogP contribution in [-0.4, -0.2) is 26.2 Å². The van der Waals surface area contributed by atoms with Crippen molar-refractivity contribution in [1.29, 1.82) is 0 Å². The minimum atomic E-state index is 0.212. The van der Waals surface area contributed by atoms with Gasteiger partial charge in [-0.05, 0) is 42.7 Å². The second-order valence-corrected chi connectivity index (χ2v) is 8.46. The molecular formula is C24H28ClN7. The van der Waals surface area contributed by atoms with Crippen LogP contribution in [0.1, 0.15) is 37.7 Å². The lowest BCUT2D eigenvalue weighted by molar-refractivity contribution is 0.441. The third-order valence-electron chi connectivity index (χ3n) is 5.54. The molecule has 0 unspecified atom stereocenters. The molecule has 0 saturated heterocycles. The van der Waals surface area contributed by atoms with Gasteiger partial charge in [-0.25, -0.2) is 4.98 Å². The molecule has 1 fully saturated rings. The van der Waals surface area contributed by atoms with Crippen LogP contribution in [0.25, 0.3) is 22.3 Å². The van der Waals surface area contributed by atoms with E-state index in [-0.39, 0.29) is 5.95 Å². The second kappa shape index (κ2) is 10.4. The molecule has 0 atom stereocenters. The lowest BCUT2D eigenvalue weighted by Crippen LogP contribution is -2.22. The summed E-state index contributed by atoms with van der Waals surface area (Å²) in [5.74, 6) is 0.212. The maximum Gasteiger partial charge on any atom is 0.222 e. The Labute approximate surface area is 192 Å². The number of H-pyrrole nitrogens is 1. The summed E-state index contributed by atoms with van der Waals surface area (Å²) >= 11 is 5.92. The number of nitrogen functional groups attached to an aromatic ring is 1. The Balaban J connectivity index is 0.000000300. The van der Waals surface area contributed by atoms with Gasteiger partial charge in [0.1, 0.15) is 0 Å². The monoisotopic (exact) mass is 449 g/mol. The van der Waals surface area contributed by atoms with Gasteiger partial charge >= 0.3 is 0 Å². The van der Waals surface area contributed by atoms with Crippen LogP contribution in [0, 0.1) is 0 Å². The number of nitrogens with one attached hydrogen (secondary N) is 2. The van der Waals surface area contributed by atoms with Gasteiger partial charge in [-0.2, -0.15) is 10.1 Å². The molecule has 1 aliphatic carbocycles. The summed E-state index contributed by atoms with van der Waals surface area (Å²) in [6.45, 7) is 0.712. The molecule has 1 saturated carbocycles. The summed E-state index contributed by atoms with van der Waals surface area (Å²) < 4.78 is 0. The molecule has 32 heavy (non-hydrogen) atoms. The minimum absolute atomic E-state index is 0.212. The topological polar surface area (TPSA) is 119 Å². The van der Waals surface area contributed by atoms with Crippen molar-refractivity contribution in [2.24, 2.45) is 5.73 Å². The fraction of sp³-hybridized carbons (Fsp3) is 0.292. The van der Waals surface area contributed by atoms with Gasteiger partial charge < -0.3 is 16.8 Å². The molecule has 7 nitrogen and oxygen atoms in total. The normalized spacial score (nSPS) is 14.1. The quantitative estimate of drug-likeness (QED) is 0.342. The highest BCUT2D eigenvalue weighted by atomic mass is 35.5. The molecule has 166 valence electrons. The van der Waals surface area contributed by atoms with Crippen molar-refractivity contribution in [3.05, 3.63) is 65.3 Å². The smallest absolute Gasteiger partial charge is 0.222 e. The number of aromatic amines is 1. The third-order valence-corrected chi connectivity index (χ3v) is 5.79. The number of rotatable bonds is 4. The molecule has 2 aromatic heterocycles. The summed E-state index contributed by atoms with van der Waals surface area (Å²) in [6.07, 6.45) is 8.35. The van der Waals surface area contributed by atoms with Crippen molar-refractivity contribution in [1.82, 2.24) is 20.2 Å². The van der Waals surface area contributed by atoms with Crippen LogP contribution in [0.2, 0.25) is 5.02 Å². The minimum Gasteiger partial charge on any atom is -0.381 e. The summed E-state index contributed by atoms with van der Waals surface area (Å²) in [4.78, 5) is 8.18. The van der Waals surface area contributed by atoms with Crippen LogP contribution in [-0.2, 0) is 6.54 Å². The molecule has 0 bridgehead atoms. The van der Waals surface area contributed by atoms with Crippen LogP contribution >= 0.6 is 11.6 Å². The molecule has 2 heterocycles. The largest absolute Gasteiger partial charge is 0.381 e. The van der Waals surface area contributed by atoms with E-state index in [1.165, 1.54) is 32.1 Å². The molecule has 0 amide bonds. The van der Waals surface area contributed by atoms with Crippen LogP contribution in [0.3, 0.4) is 0 Å². The third kappa shape index (κ3) is 5.75. The second-order valence-electron chi connectivity index (χ2n) is 8.02. The summed E-state index contributed by atoms with van der Waals surface area (Å²) in [5.41, 5.74) is 15.8. The van der Waals surface area contributed by atoms with E-state index in [9.17, 15) is 0 Å². The van der Waals surface area contributed by atoms with Gasteiger partial charge in [-0.3, -0.25) is 5.10 Å². The zero-order valence-corrected chi connectivity index (χ0v) is 18.6. The van der Waals surface area contributed by atoms with Gasteiger partial charge in [0.05, 0.1) is 11.1 Å². The van der Waals surface area contributed by atoms with Crippen molar-refractivity contribution >= 4 is 34.3 Å². The van der Waals surface area contributed by atoms with Crippen LogP contribution in [0.5, 0.6) is 0 Å². The Morgan fingerprint density at radius 3 is 2.56 bits per heavy atom. The first-order valence-corrected chi connectivity index (χ1v) is 11.3. The maximum atomic E-state index is 5.92. The average molecular weight is 450 g/mol. The van der Waals surface area contributed by atoms with E-state index in [0.29, 0.717) is 18.2 Å². The van der Waals surface area contributed by atoms with Crippen LogP contribution < -0.4 is 16.8 Å². The van der Waals surface area contributed by atoms with Gasteiger partial charge in [-0.15, -0.1) is 0 Å².